The first kappa shape index (κ1) is 40.1. The number of ketones is 1. The van der Waals surface area contributed by atoms with E-state index in [0.29, 0.717) is 37.0 Å². The Balaban J connectivity index is 1.40. The maximum atomic E-state index is 12.8. The Morgan fingerprint density at radius 2 is 1.44 bits per heavy atom. The highest BCUT2D eigenvalue weighted by molar-refractivity contribution is 5.90. The summed E-state index contributed by atoms with van der Waals surface area (Å²) in [4.78, 5) is 61.8. The van der Waals surface area contributed by atoms with Crippen LogP contribution in [0, 0.1) is 40.4 Å². The minimum absolute atomic E-state index is 0.0142. The van der Waals surface area contributed by atoms with Crippen molar-refractivity contribution >= 4 is 29.7 Å². The van der Waals surface area contributed by atoms with Crippen molar-refractivity contribution in [1.29, 1.82) is 0 Å². The van der Waals surface area contributed by atoms with Crippen LogP contribution in [0.2, 0.25) is 0 Å². The van der Waals surface area contributed by atoms with Gasteiger partial charge in [-0.15, -0.1) is 0 Å². The first-order valence-corrected chi connectivity index (χ1v) is 19.2. The molecule has 1 heterocycles. The van der Waals surface area contributed by atoms with Gasteiger partial charge in [0.15, 0.2) is 30.4 Å². The summed E-state index contributed by atoms with van der Waals surface area (Å²) < 4.78 is 35.7. The van der Waals surface area contributed by atoms with E-state index in [1.165, 1.54) is 38.8 Å². The predicted octanol–water partition coefficient (Wildman–Crippen LogP) is 6.59. The van der Waals surface area contributed by atoms with Gasteiger partial charge in [0, 0.05) is 40.0 Å². The third-order valence-corrected chi connectivity index (χ3v) is 12.8. The average Bonchev–Trinajstić information content (AvgIpc) is 3.37. The second-order valence-electron chi connectivity index (χ2n) is 17.0. The van der Waals surface area contributed by atoms with Crippen molar-refractivity contribution in [2.45, 2.75) is 164 Å². The first-order valence-electron chi connectivity index (χ1n) is 19.2. The topological polar surface area (TPSA) is 141 Å². The van der Waals surface area contributed by atoms with E-state index in [-0.39, 0.29) is 46.6 Å². The zero-order valence-corrected chi connectivity index (χ0v) is 32.7. The Bertz CT molecular complexity index is 1460. The van der Waals surface area contributed by atoms with Crippen molar-refractivity contribution < 1.29 is 52.4 Å². The average molecular weight is 729 g/mol. The molecule has 5 aliphatic rings. The molecule has 1 aliphatic heterocycles. The van der Waals surface area contributed by atoms with Crippen LogP contribution in [0.25, 0.3) is 0 Å². The van der Waals surface area contributed by atoms with Gasteiger partial charge < -0.3 is 28.4 Å². The number of carbonyl (C=O) groups is 5. The molecule has 0 N–H and O–H groups in total. The van der Waals surface area contributed by atoms with Gasteiger partial charge in [0.2, 0.25) is 0 Å². The molecule has 13 atom stereocenters. The van der Waals surface area contributed by atoms with Gasteiger partial charge in [-0.05, 0) is 99.4 Å². The standard InChI is InChI=1S/C41H60O11/c1-21(2)17-28(46)18-22(3)31-11-12-32-30-20-35(48-24(5)42)34-19-29(13-15-41(34,10)33(30)14-16-40(31,32)9)52-39-38(51-27(8)45)37(50-26(7)44)36(23(4)47-39)49-25(6)43/h14,18,21,23,29-32,34-39H,11-13,15-17,19-20H2,1-10H3/b22-18+/t23-,29+,30+,31-,32+,34-,35+,36+,37+,38-,39+,40-,41-/m1/s1. The Morgan fingerprint density at radius 3 is 2.06 bits per heavy atom. The van der Waals surface area contributed by atoms with Crippen LogP contribution in [0.3, 0.4) is 0 Å². The summed E-state index contributed by atoms with van der Waals surface area (Å²) in [5.41, 5.74) is 2.43. The maximum absolute atomic E-state index is 12.8. The minimum Gasteiger partial charge on any atom is -0.462 e. The molecule has 5 rings (SSSR count). The van der Waals surface area contributed by atoms with Crippen LogP contribution in [0.15, 0.2) is 23.3 Å². The van der Waals surface area contributed by atoms with E-state index < -0.39 is 48.6 Å². The fourth-order valence-corrected chi connectivity index (χ4v) is 10.8. The molecule has 0 radical (unpaired) electrons. The number of hydrogen-bond acceptors (Lipinski definition) is 11. The SMILES string of the molecule is CC(=O)O[C@H]1[C@@H](OC(C)=O)[C@@H](C)O[C@@H](O[C@H]2CC[C@]3(C)C4=CC[C@]5(C)[C@@H](/C(C)=C/C(=O)CC(C)C)CC[C@H]5[C@@H]4C[C@H](OC(C)=O)[C@H]3C2)[C@@H]1OC(C)=O. The second kappa shape index (κ2) is 15.7. The van der Waals surface area contributed by atoms with Gasteiger partial charge in [-0.1, -0.05) is 44.9 Å². The summed E-state index contributed by atoms with van der Waals surface area (Å²) >= 11 is 0. The van der Waals surface area contributed by atoms with Crippen molar-refractivity contribution in [3.8, 4) is 0 Å². The number of allylic oxidation sites excluding steroid dienone is 4. The molecule has 4 aliphatic carbocycles. The Morgan fingerprint density at radius 1 is 0.827 bits per heavy atom. The van der Waals surface area contributed by atoms with Gasteiger partial charge in [0.1, 0.15) is 6.10 Å². The molecule has 290 valence electrons. The highest BCUT2D eigenvalue weighted by atomic mass is 16.7. The van der Waals surface area contributed by atoms with E-state index in [0.717, 1.165) is 32.1 Å². The smallest absolute Gasteiger partial charge is 0.303 e. The molecule has 0 aromatic rings. The molecule has 0 bridgehead atoms. The van der Waals surface area contributed by atoms with Gasteiger partial charge in [-0.3, -0.25) is 24.0 Å². The van der Waals surface area contributed by atoms with Crippen molar-refractivity contribution in [3.63, 3.8) is 0 Å². The summed E-state index contributed by atoms with van der Waals surface area (Å²) in [5, 5.41) is 0. The fourth-order valence-electron chi connectivity index (χ4n) is 10.8. The molecular weight excluding hydrogens is 668 g/mol. The van der Waals surface area contributed by atoms with Crippen LogP contribution in [-0.2, 0) is 52.4 Å². The largest absolute Gasteiger partial charge is 0.462 e. The molecule has 3 saturated carbocycles. The lowest BCUT2D eigenvalue weighted by atomic mass is 9.47. The lowest BCUT2D eigenvalue weighted by Gasteiger charge is -2.59. The molecule has 11 nitrogen and oxygen atoms in total. The van der Waals surface area contributed by atoms with E-state index in [1.807, 2.05) is 6.08 Å². The van der Waals surface area contributed by atoms with Gasteiger partial charge >= 0.3 is 23.9 Å². The number of ether oxygens (including phenoxy) is 6. The fraction of sp³-hybridized carbons (Fsp3) is 0.780. The Kier molecular flexibility index (Phi) is 12.1. The number of rotatable bonds is 10. The molecular formula is C41H60O11. The Labute approximate surface area is 308 Å². The highest BCUT2D eigenvalue weighted by Gasteiger charge is 2.61. The highest BCUT2D eigenvalue weighted by Crippen LogP contribution is 2.66. The summed E-state index contributed by atoms with van der Waals surface area (Å²) in [5.74, 6) is -0.652. The number of fused-ring (bicyclic) bond motifs is 5. The van der Waals surface area contributed by atoms with Crippen molar-refractivity contribution in [3.05, 3.63) is 23.3 Å². The van der Waals surface area contributed by atoms with Gasteiger partial charge in [-0.25, -0.2) is 0 Å². The molecule has 0 spiro atoms. The van der Waals surface area contributed by atoms with Crippen molar-refractivity contribution in [1.82, 2.24) is 0 Å². The third kappa shape index (κ3) is 8.20. The van der Waals surface area contributed by atoms with E-state index in [4.69, 9.17) is 28.4 Å². The van der Waals surface area contributed by atoms with Crippen molar-refractivity contribution in [2.75, 3.05) is 0 Å². The molecule has 0 amide bonds. The third-order valence-electron chi connectivity index (χ3n) is 12.8. The zero-order valence-electron chi connectivity index (χ0n) is 32.7. The monoisotopic (exact) mass is 728 g/mol. The molecule has 0 aromatic heterocycles. The molecule has 0 unspecified atom stereocenters. The molecule has 1 saturated heterocycles. The minimum atomic E-state index is -1.18. The van der Waals surface area contributed by atoms with Gasteiger partial charge in [0.25, 0.3) is 0 Å². The van der Waals surface area contributed by atoms with E-state index in [1.54, 1.807) is 6.92 Å². The first-order chi connectivity index (χ1) is 24.3. The normalized spacial score (nSPS) is 40.0. The molecule has 4 fully saturated rings. The lowest BCUT2D eigenvalue weighted by Crippen LogP contribution is -2.62. The van der Waals surface area contributed by atoms with Crippen LogP contribution in [-0.4, -0.2) is 72.6 Å². The molecule has 0 aromatic carbocycles. The van der Waals surface area contributed by atoms with Gasteiger partial charge in [0.05, 0.1) is 12.2 Å². The van der Waals surface area contributed by atoms with Crippen LogP contribution >= 0.6 is 0 Å². The summed E-state index contributed by atoms with van der Waals surface area (Å²) in [6, 6.07) is 0. The van der Waals surface area contributed by atoms with Gasteiger partial charge in [-0.2, -0.15) is 0 Å². The van der Waals surface area contributed by atoms with E-state index in [2.05, 4.69) is 40.7 Å². The summed E-state index contributed by atoms with van der Waals surface area (Å²) in [6.45, 7) is 17.9. The predicted molar refractivity (Wildman–Crippen MR) is 190 cm³/mol. The van der Waals surface area contributed by atoms with E-state index in [9.17, 15) is 24.0 Å². The quantitative estimate of drug-likeness (QED) is 0.0791. The number of carbonyl (C=O) groups excluding carboxylic acids is 5. The van der Waals surface area contributed by atoms with Crippen LogP contribution in [0.1, 0.15) is 121 Å². The van der Waals surface area contributed by atoms with Crippen LogP contribution in [0.4, 0.5) is 0 Å². The lowest BCUT2D eigenvalue weighted by molar-refractivity contribution is -0.314. The van der Waals surface area contributed by atoms with Crippen LogP contribution in [0.5, 0.6) is 0 Å². The second-order valence-corrected chi connectivity index (χ2v) is 17.0. The number of hydrogen-bond donors (Lipinski definition) is 0. The van der Waals surface area contributed by atoms with Crippen molar-refractivity contribution in [2.24, 2.45) is 40.4 Å². The Hall–Kier alpha value is -3.05. The maximum Gasteiger partial charge on any atom is 0.303 e. The summed E-state index contributed by atoms with van der Waals surface area (Å²) in [7, 11) is 0. The molecule has 52 heavy (non-hydrogen) atoms. The summed E-state index contributed by atoms with van der Waals surface area (Å²) in [6.07, 6.45) is 4.95. The molecule has 11 heteroatoms. The number of esters is 4. The zero-order chi connectivity index (χ0) is 38.3. The van der Waals surface area contributed by atoms with Crippen LogP contribution < -0.4 is 0 Å². The van der Waals surface area contributed by atoms with E-state index >= 15 is 0 Å².